The first-order valence-corrected chi connectivity index (χ1v) is 6.20. The molecule has 0 spiro atoms. The first-order valence-electron chi connectivity index (χ1n) is 5.82. The Labute approximate surface area is 107 Å². The Hall–Kier alpha value is -1.24. The van der Waals surface area contributed by atoms with E-state index in [9.17, 15) is 0 Å². The minimum atomic E-state index is 0.553. The molecule has 1 aliphatic heterocycles. The molecule has 17 heavy (non-hydrogen) atoms. The van der Waals surface area contributed by atoms with Crippen molar-refractivity contribution in [3.63, 3.8) is 0 Å². The Morgan fingerprint density at radius 3 is 2.76 bits per heavy atom. The van der Waals surface area contributed by atoms with E-state index in [0.29, 0.717) is 5.15 Å². The van der Waals surface area contributed by atoms with Crippen molar-refractivity contribution < 1.29 is 0 Å². The normalized spacial score (nSPS) is 16.8. The molecule has 2 heterocycles. The largest absolute Gasteiger partial charge is 0.369 e. The van der Waals surface area contributed by atoms with Crippen LogP contribution in [0.15, 0.2) is 18.3 Å². The van der Waals surface area contributed by atoms with E-state index in [4.69, 9.17) is 18.0 Å². The summed E-state index contributed by atoms with van der Waals surface area (Å²) >= 11 is 5.89. The number of anilines is 1. The third kappa shape index (κ3) is 3.36. The number of hydrogen-bond acceptors (Lipinski definition) is 3. The zero-order valence-corrected chi connectivity index (χ0v) is 10.5. The first-order chi connectivity index (χ1) is 8.29. The number of rotatable bonds is 3. The summed E-state index contributed by atoms with van der Waals surface area (Å²) in [7, 11) is 0. The van der Waals surface area contributed by atoms with Crippen LogP contribution in [0.25, 0.3) is 0 Å². The summed E-state index contributed by atoms with van der Waals surface area (Å²) in [4.78, 5) is 8.73. The van der Waals surface area contributed by atoms with Crippen LogP contribution in [-0.2, 0) is 0 Å². The van der Waals surface area contributed by atoms with Crippen molar-refractivity contribution in [1.82, 2.24) is 9.88 Å². The molecule has 2 rings (SSSR count). The topological polar surface area (TPSA) is 19.4 Å². The average molecular weight is 250 g/mol. The fourth-order valence-electron chi connectivity index (χ4n) is 2.04. The van der Waals surface area contributed by atoms with Crippen LogP contribution in [-0.4, -0.2) is 42.6 Å². The fourth-order valence-corrected chi connectivity index (χ4v) is 2.21. The van der Waals surface area contributed by atoms with Crippen molar-refractivity contribution in [3.05, 3.63) is 23.5 Å². The predicted octanol–water partition coefficient (Wildman–Crippen LogP) is 1.88. The van der Waals surface area contributed by atoms with Crippen LogP contribution in [0.3, 0.4) is 0 Å². The number of halogens is 1. The second kappa shape index (κ2) is 5.90. The third-order valence-electron chi connectivity index (χ3n) is 3.02. The van der Waals surface area contributed by atoms with Gasteiger partial charge in [-0.05, 0) is 12.1 Å². The molecule has 0 saturated carbocycles. The van der Waals surface area contributed by atoms with Gasteiger partial charge in [0, 0.05) is 51.0 Å². The molecular weight excluding hydrogens is 234 g/mol. The summed E-state index contributed by atoms with van der Waals surface area (Å²) in [6.45, 7) is 5.15. The third-order valence-corrected chi connectivity index (χ3v) is 3.23. The van der Waals surface area contributed by atoms with E-state index in [1.165, 1.54) is 0 Å². The maximum absolute atomic E-state index is 5.89. The molecular formula is C13H16ClN3. The van der Waals surface area contributed by atoms with E-state index in [-0.39, 0.29) is 0 Å². The van der Waals surface area contributed by atoms with Gasteiger partial charge in [-0.15, -0.1) is 12.3 Å². The highest BCUT2D eigenvalue weighted by molar-refractivity contribution is 6.29. The molecule has 3 nitrogen and oxygen atoms in total. The van der Waals surface area contributed by atoms with E-state index in [0.717, 1.165) is 44.8 Å². The number of nitrogens with zero attached hydrogens (tertiary/aromatic N) is 3. The lowest BCUT2D eigenvalue weighted by atomic mass is 10.2. The lowest BCUT2D eigenvalue weighted by Gasteiger charge is -2.35. The average Bonchev–Trinajstić information content (AvgIpc) is 2.37. The quantitative estimate of drug-likeness (QED) is 0.602. The van der Waals surface area contributed by atoms with Crippen LogP contribution in [0.4, 0.5) is 5.69 Å². The summed E-state index contributed by atoms with van der Waals surface area (Å²) in [5.41, 5.74) is 1.15. The Balaban J connectivity index is 1.89. The number of terminal acetylenes is 1. The lowest BCUT2D eigenvalue weighted by Crippen LogP contribution is -2.46. The van der Waals surface area contributed by atoms with Crippen molar-refractivity contribution in [2.24, 2.45) is 0 Å². The molecule has 0 aromatic carbocycles. The van der Waals surface area contributed by atoms with E-state index >= 15 is 0 Å². The maximum Gasteiger partial charge on any atom is 0.131 e. The van der Waals surface area contributed by atoms with Crippen LogP contribution in [0, 0.1) is 12.3 Å². The zero-order chi connectivity index (χ0) is 12.1. The number of aromatic nitrogens is 1. The highest BCUT2D eigenvalue weighted by atomic mass is 35.5. The van der Waals surface area contributed by atoms with E-state index in [1.54, 1.807) is 6.20 Å². The molecule has 90 valence electrons. The minimum Gasteiger partial charge on any atom is -0.369 e. The molecule has 1 aromatic heterocycles. The lowest BCUT2D eigenvalue weighted by molar-refractivity contribution is 0.264. The van der Waals surface area contributed by atoms with Crippen molar-refractivity contribution >= 4 is 17.3 Å². The highest BCUT2D eigenvalue weighted by Crippen LogP contribution is 2.18. The summed E-state index contributed by atoms with van der Waals surface area (Å²) in [6.07, 6.45) is 7.86. The van der Waals surface area contributed by atoms with Crippen LogP contribution in [0.1, 0.15) is 6.42 Å². The van der Waals surface area contributed by atoms with Gasteiger partial charge in [-0.25, -0.2) is 4.98 Å². The molecule has 4 heteroatoms. The smallest absolute Gasteiger partial charge is 0.131 e. The summed E-state index contributed by atoms with van der Waals surface area (Å²) in [5.74, 6) is 2.68. The van der Waals surface area contributed by atoms with Crippen molar-refractivity contribution in [2.45, 2.75) is 6.42 Å². The maximum atomic E-state index is 5.89. The SMILES string of the molecule is C#CCCN1CCN(c2ccnc(Cl)c2)CC1. The molecule has 1 saturated heterocycles. The van der Waals surface area contributed by atoms with Gasteiger partial charge in [0.05, 0.1) is 0 Å². The van der Waals surface area contributed by atoms with Gasteiger partial charge in [-0.1, -0.05) is 11.6 Å². The minimum absolute atomic E-state index is 0.553. The van der Waals surface area contributed by atoms with Crippen LogP contribution in [0.2, 0.25) is 5.15 Å². The fraction of sp³-hybridized carbons (Fsp3) is 0.462. The molecule has 1 aromatic rings. The number of pyridine rings is 1. The Kier molecular flexibility index (Phi) is 4.24. The highest BCUT2D eigenvalue weighted by Gasteiger charge is 2.16. The summed E-state index contributed by atoms with van der Waals surface area (Å²) < 4.78 is 0. The summed E-state index contributed by atoms with van der Waals surface area (Å²) in [6, 6.07) is 3.92. The van der Waals surface area contributed by atoms with E-state index in [1.807, 2.05) is 12.1 Å². The van der Waals surface area contributed by atoms with E-state index in [2.05, 4.69) is 20.7 Å². The molecule has 0 unspecified atom stereocenters. The van der Waals surface area contributed by atoms with Crippen molar-refractivity contribution in [2.75, 3.05) is 37.6 Å². The summed E-state index contributed by atoms with van der Waals surface area (Å²) in [5, 5.41) is 0.553. The molecule has 0 bridgehead atoms. The second-order valence-electron chi connectivity index (χ2n) is 4.12. The second-order valence-corrected chi connectivity index (χ2v) is 4.51. The Bertz CT molecular complexity index is 405. The van der Waals surface area contributed by atoms with Gasteiger partial charge in [0.15, 0.2) is 0 Å². The van der Waals surface area contributed by atoms with Gasteiger partial charge in [0.2, 0.25) is 0 Å². The molecule has 0 aliphatic carbocycles. The predicted molar refractivity (Wildman–Crippen MR) is 71.4 cm³/mol. The van der Waals surface area contributed by atoms with Crippen molar-refractivity contribution in [1.29, 1.82) is 0 Å². The van der Waals surface area contributed by atoms with Crippen LogP contribution >= 0.6 is 11.6 Å². The van der Waals surface area contributed by atoms with Gasteiger partial charge in [-0.2, -0.15) is 0 Å². The van der Waals surface area contributed by atoms with Crippen LogP contribution < -0.4 is 4.90 Å². The van der Waals surface area contributed by atoms with Crippen LogP contribution in [0.5, 0.6) is 0 Å². The standard InChI is InChI=1S/C13H16ClN3/c1-2-3-6-16-7-9-17(10-8-16)12-4-5-15-13(14)11-12/h1,4-5,11H,3,6-10H2. The zero-order valence-electron chi connectivity index (χ0n) is 9.77. The van der Waals surface area contributed by atoms with Crippen molar-refractivity contribution in [3.8, 4) is 12.3 Å². The monoisotopic (exact) mass is 249 g/mol. The van der Waals surface area contributed by atoms with Gasteiger partial charge in [0.1, 0.15) is 5.15 Å². The van der Waals surface area contributed by atoms with Gasteiger partial charge < -0.3 is 4.90 Å². The Morgan fingerprint density at radius 2 is 2.12 bits per heavy atom. The van der Waals surface area contributed by atoms with Gasteiger partial charge in [-0.3, -0.25) is 4.90 Å². The number of hydrogen-bond donors (Lipinski definition) is 0. The van der Waals surface area contributed by atoms with Gasteiger partial charge >= 0.3 is 0 Å². The molecule has 0 amide bonds. The Morgan fingerprint density at radius 1 is 1.35 bits per heavy atom. The molecule has 0 N–H and O–H groups in total. The molecule has 1 fully saturated rings. The molecule has 0 radical (unpaired) electrons. The van der Waals surface area contributed by atoms with E-state index < -0.39 is 0 Å². The molecule has 1 aliphatic rings. The van der Waals surface area contributed by atoms with Gasteiger partial charge in [0.25, 0.3) is 0 Å². The first kappa shape index (κ1) is 12.2. The molecule has 0 atom stereocenters. The number of piperazine rings is 1.